The molecule has 5 atom stereocenters. The first kappa shape index (κ1) is 51.7. The summed E-state index contributed by atoms with van der Waals surface area (Å²) in [5.74, 6) is 5.27. The number of rotatable bonds is 12. The van der Waals surface area contributed by atoms with Crippen molar-refractivity contribution in [1.82, 2.24) is 36.1 Å². The molecule has 2 aromatic heterocycles. The summed E-state index contributed by atoms with van der Waals surface area (Å²) in [5, 5.41) is 14.5. The molecule has 5 aromatic rings. The summed E-state index contributed by atoms with van der Waals surface area (Å²) in [6.45, 7) is 11.7. The van der Waals surface area contributed by atoms with E-state index < -0.39 is 5.79 Å². The summed E-state index contributed by atoms with van der Waals surface area (Å²) in [7, 11) is 0. The van der Waals surface area contributed by atoms with Crippen molar-refractivity contribution in [3.63, 3.8) is 0 Å². The molecule has 1 aliphatic carbocycles. The zero-order valence-electron chi connectivity index (χ0n) is 43.6. The lowest BCUT2D eigenvalue weighted by Gasteiger charge is -2.39. The van der Waals surface area contributed by atoms with Crippen molar-refractivity contribution in [1.29, 1.82) is 0 Å². The summed E-state index contributed by atoms with van der Waals surface area (Å²) in [6, 6.07) is 24.5. The van der Waals surface area contributed by atoms with Crippen LogP contribution in [0.1, 0.15) is 115 Å². The van der Waals surface area contributed by atoms with Gasteiger partial charge in [0.25, 0.3) is 17.6 Å². The number of nitrogens with one attached hydrogen (secondary N) is 4. The molecule has 398 valence electrons. The first-order valence-corrected chi connectivity index (χ1v) is 28.4. The standard InChI is InChI=1S/C59H68ClN9O6S/c1-35(2)52(38-6-10-42(60)11-7-38)58(73)68-27-22-59(23-28-68)74-49-18-4-37(30-50(49)75-59)5-19-51(70)62-24-29-67-25-20-39(21-26-67)55(71)63-36(3)48-17-16-47-53(61)54(76-57(47)66-48)56(72)65-43-12-8-41-32-46(15-9-40(41)31-43)69-33-44-13-14-45(34-69)64-44/h4,6-7,9-11,15-18,30,32,35-36,39,43-45,52,64H,8,12-14,20-29,31,33-34,61H2,1-3H3,(H,62,70)(H,63,71)(H,65,72)/t36?,43-,44-,45+,52-/m0/s1. The Balaban J connectivity index is 0.596. The Morgan fingerprint density at radius 1 is 0.882 bits per heavy atom. The number of ether oxygens (including phenoxy) is 2. The number of hydrogen-bond acceptors (Lipinski definition) is 12. The zero-order chi connectivity index (χ0) is 52.7. The number of nitrogen functional groups attached to an aromatic ring is 1. The summed E-state index contributed by atoms with van der Waals surface area (Å²) in [5.41, 5.74) is 13.3. The van der Waals surface area contributed by atoms with Crippen LogP contribution in [0.4, 0.5) is 11.4 Å². The number of aromatic nitrogens is 1. The van der Waals surface area contributed by atoms with Gasteiger partial charge in [0.15, 0.2) is 11.5 Å². The maximum absolute atomic E-state index is 13.7. The Hall–Kier alpha value is -6.38. The fraction of sp³-hybridized carbons (Fsp3) is 0.475. The van der Waals surface area contributed by atoms with Gasteiger partial charge in [0.1, 0.15) is 9.71 Å². The van der Waals surface area contributed by atoms with E-state index in [9.17, 15) is 19.2 Å². The molecular formula is C59H68ClN9O6S. The first-order chi connectivity index (χ1) is 36.7. The molecule has 1 unspecified atom stereocenters. The normalized spacial score (nSPS) is 21.7. The number of carbonyl (C=O) groups is 4. The Labute approximate surface area is 454 Å². The van der Waals surface area contributed by atoms with Gasteiger partial charge < -0.3 is 51.2 Å². The summed E-state index contributed by atoms with van der Waals surface area (Å²) < 4.78 is 12.7. The quantitative estimate of drug-likeness (QED) is 0.0789. The molecule has 2 bridgehead atoms. The second-order valence-electron chi connectivity index (χ2n) is 22.1. The smallest absolute Gasteiger partial charge is 0.296 e. The Morgan fingerprint density at radius 2 is 1.63 bits per heavy atom. The number of piperidine rings is 2. The number of aryl methyl sites for hydroxylation is 1. The van der Waals surface area contributed by atoms with Gasteiger partial charge in [0, 0.05) is 104 Å². The highest BCUT2D eigenvalue weighted by atomic mass is 35.5. The van der Waals surface area contributed by atoms with Crippen LogP contribution in [0.15, 0.2) is 72.8 Å². The molecule has 15 nitrogen and oxygen atoms in total. The highest BCUT2D eigenvalue weighted by molar-refractivity contribution is 7.21. The lowest BCUT2D eigenvalue weighted by molar-refractivity contribution is -0.148. The Kier molecular flexibility index (Phi) is 14.9. The molecule has 17 heteroatoms. The maximum Gasteiger partial charge on any atom is 0.296 e. The van der Waals surface area contributed by atoms with E-state index in [0.29, 0.717) is 107 Å². The highest BCUT2D eigenvalue weighted by Crippen LogP contribution is 2.45. The largest absolute Gasteiger partial charge is 0.448 e. The second kappa shape index (κ2) is 21.9. The van der Waals surface area contributed by atoms with Gasteiger partial charge in [-0.3, -0.25) is 19.2 Å². The van der Waals surface area contributed by atoms with Crippen molar-refractivity contribution in [3.05, 3.63) is 111 Å². The van der Waals surface area contributed by atoms with Crippen LogP contribution >= 0.6 is 22.9 Å². The first-order valence-electron chi connectivity index (χ1n) is 27.2. The molecule has 6 aliphatic rings. The van der Waals surface area contributed by atoms with Gasteiger partial charge in [0.05, 0.1) is 23.3 Å². The van der Waals surface area contributed by atoms with Crippen molar-refractivity contribution in [3.8, 4) is 23.3 Å². The number of nitrogens with zero attached hydrogens (tertiary/aromatic N) is 4. The van der Waals surface area contributed by atoms with Crippen LogP contribution in [0.5, 0.6) is 11.5 Å². The average molecular weight is 1070 g/mol. The van der Waals surface area contributed by atoms with E-state index in [1.807, 2.05) is 60.4 Å². The van der Waals surface area contributed by atoms with E-state index in [2.05, 4.69) is 75.0 Å². The molecule has 1 spiro atoms. The van der Waals surface area contributed by atoms with Gasteiger partial charge in [-0.2, -0.15) is 0 Å². The number of likely N-dealkylation sites (tertiary alicyclic amines) is 2. The van der Waals surface area contributed by atoms with Gasteiger partial charge in [0.2, 0.25) is 11.8 Å². The van der Waals surface area contributed by atoms with Gasteiger partial charge in [-0.05, 0) is 142 Å². The number of halogens is 1. The van der Waals surface area contributed by atoms with Crippen molar-refractivity contribution in [2.45, 2.75) is 114 Å². The predicted molar refractivity (Wildman–Crippen MR) is 297 cm³/mol. The van der Waals surface area contributed by atoms with E-state index in [4.69, 9.17) is 31.8 Å². The van der Waals surface area contributed by atoms with Crippen LogP contribution in [0.3, 0.4) is 0 Å². The van der Waals surface area contributed by atoms with Gasteiger partial charge >= 0.3 is 0 Å². The van der Waals surface area contributed by atoms with Gasteiger partial charge in [-0.25, -0.2) is 4.98 Å². The zero-order valence-corrected chi connectivity index (χ0v) is 45.2. The summed E-state index contributed by atoms with van der Waals surface area (Å²) >= 11 is 7.42. The van der Waals surface area contributed by atoms with E-state index in [-0.39, 0.29) is 53.5 Å². The molecular weight excluding hydrogens is 998 g/mol. The molecule has 5 aliphatic heterocycles. The average Bonchev–Trinajstić information content (AvgIpc) is 4.09. The molecule has 6 N–H and O–H groups in total. The number of benzene rings is 3. The number of fused-ring (bicyclic) bond motifs is 5. The summed E-state index contributed by atoms with van der Waals surface area (Å²) in [4.78, 5) is 66.4. The molecule has 3 aromatic carbocycles. The highest BCUT2D eigenvalue weighted by Gasteiger charge is 2.46. The number of nitrogens with two attached hydrogens (primary N) is 1. The number of piperazine rings is 1. The van der Waals surface area contributed by atoms with Crippen LogP contribution in [0, 0.1) is 23.7 Å². The fourth-order valence-electron chi connectivity index (χ4n) is 12.2. The lowest BCUT2D eigenvalue weighted by Crippen LogP contribution is -2.52. The number of pyridine rings is 1. The van der Waals surface area contributed by atoms with Crippen LogP contribution in [0.25, 0.3) is 10.2 Å². The summed E-state index contributed by atoms with van der Waals surface area (Å²) in [6.07, 6.45) is 7.57. The van der Waals surface area contributed by atoms with Gasteiger partial charge in [-0.1, -0.05) is 49.6 Å². The van der Waals surface area contributed by atoms with Crippen LogP contribution in [0.2, 0.25) is 5.02 Å². The number of carbonyl (C=O) groups excluding carboxylic acids is 4. The Bertz CT molecular complexity index is 3070. The predicted octanol–water partition coefficient (Wildman–Crippen LogP) is 7.35. The molecule has 0 saturated carbocycles. The SMILES string of the molecule is CC(NC(=O)C1CCN(CCNC(=O)C#Cc2ccc3c(c2)OC2(CCN(C(=O)[C@H](c4ccc(Cl)cc4)C(C)C)CC2)O3)CC1)c1ccc2c(N)c(C(=O)N[C@H]3CCc4cc(N5C[C@H]6CC[C@@H](C5)N6)ccc4C3)sc2n1. The van der Waals surface area contributed by atoms with Crippen molar-refractivity contribution >= 4 is 68.2 Å². The minimum absolute atomic E-state index is 0.00842. The van der Waals surface area contributed by atoms with Crippen LogP contribution in [-0.4, -0.2) is 115 Å². The third-order valence-electron chi connectivity index (χ3n) is 16.5. The van der Waals surface area contributed by atoms with Crippen LogP contribution < -0.4 is 41.4 Å². The molecule has 4 amide bonds. The third kappa shape index (κ3) is 11.2. The van der Waals surface area contributed by atoms with Crippen molar-refractivity contribution in [2.24, 2.45) is 11.8 Å². The number of anilines is 2. The van der Waals surface area contributed by atoms with E-state index in [1.165, 1.54) is 41.0 Å². The minimum atomic E-state index is -0.853. The number of hydrogen-bond donors (Lipinski definition) is 5. The van der Waals surface area contributed by atoms with Crippen molar-refractivity contribution in [2.75, 3.05) is 63.0 Å². The topological polar surface area (TPSA) is 183 Å². The van der Waals surface area contributed by atoms with E-state index >= 15 is 0 Å². The van der Waals surface area contributed by atoms with E-state index in [0.717, 1.165) is 56.4 Å². The van der Waals surface area contributed by atoms with Gasteiger partial charge in [-0.15, -0.1) is 11.3 Å². The fourth-order valence-corrected chi connectivity index (χ4v) is 13.3. The molecule has 0 radical (unpaired) electrons. The molecule has 4 fully saturated rings. The van der Waals surface area contributed by atoms with E-state index in [1.54, 1.807) is 6.07 Å². The van der Waals surface area contributed by atoms with Crippen LogP contribution in [-0.2, 0) is 27.2 Å². The molecule has 76 heavy (non-hydrogen) atoms. The number of thiophene rings is 1. The molecule has 4 saturated heterocycles. The second-order valence-corrected chi connectivity index (χ2v) is 23.5. The molecule has 11 rings (SSSR count). The molecule has 7 heterocycles. The maximum atomic E-state index is 13.7. The minimum Gasteiger partial charge on any atom is -0.448 e. The Morgan fingerprint density at radius 3 is 2.38 bits per heavy atom. The lowest BCUT2D eigenvalue weighted by atomic mass is 9.86. The monoisotopic (exact) mass is 1070 g/mol. The van der Waals surface area contributed by atoms with Crippen molar-refractivity contribution < 1.29 is 28.7 Å². The third-order valence-corrected chi connectivity index (χ3v) is 17.9. The number of amides is 4.